The quantitative estimate of drug-likeness (QED) is 0.802. The van der Waals surface area contributed by atoms with Crippen LogP contribution in [0, 0.1) is 0 Å². The molecule has 1 atom stereocenters. The van der Waals surface area contributed by atoms with Gasteiger partial charge in [-0.1, -0.05) is 0 Å². The second kappa shape index (κ2) is 6.42. The van der Waals surface area contributed by atoms with Gasteiger partial charge < -0.3 is 15.8 Å². The highest BCUT2D eigenvalue weighted by Crippen LogP contribution is 2.30. The number of rotatable bonds is 5. The Morgan fingerprint density at radius 3 is 2.42 bits per heavy atom. The molecule has 0 saturated heterocycles. The Hall–Kier alpha value is -1.76. The molecule has 3 N–H and O–H groups in total. The third-order valence-electron chi connectivity index (χ3n) is 2.27. The van der Waals surface area contributed by atoms with Gasteiger partial charge >= 0.3 is 6.18 Å². The van der Waals surface area contributed by atoms with E-state index in [9.17, 15) is 18.0 Å². The molecule has 4 nitrogen and oxygen atoms in total. The minimum absolute atomic E-state index is 0.157. The number of carbonyl (C=O) groups is 1. The van der Waals surface area contributed by atoms with Crippen molar-refractivity contribution < 1.29 is 22.7 Å². The van der Waals surface area contributed by atoms with Crippen molar-refractivity contribution in [1.82, 2.24) is 5.32 Å². The van der Waals surface area contributed by atoms with Gasteiger partial charge in [0.1, 0.15) is 12.4 Å². The molecule has 7 heteroatoms. The van der Waals surface area contributed by atoms with Crippen molar-refractivity contribution in [3.63, 3.8) is 0 Å². The van der Waals surface area contributed by atoms with Crippen molar-refractivity contribution in [3.05, 3.63) is 29.8 Å². The van der Waals surface area contributed by atoms with Crippen molar-refractivity contribution >= 4 is 5.91 Å². The average Bonchev–Trinajstić information content (AvgIpc) is 2.33. The Morgan fingerprint density at radius 1 is 1.37 bits per heavy atom. The first-order valence-corrected chi connectivity index (χ1v) is 5.64. The van der Waals surface area contributed by atoms with Crippen LogP contribution in [0.1, 0.15) is 12.5 Å². The highest BCUT2D eigenvalue weighted by molar-refractivity contribution is 5.80. The minimum atomic E-state index is -4.36. The van der Waals surface area contributed by atoms with Gasteiger partial charge in [0, 0.05) is 0 Å². The van der Waals surface area contributed by atoms with Crippen molar-refractivity contribution in [2.45, 2.75) is 19.1 Å². The molecule has 0 saturated carbocycles. The summed E-state index contributed by atoms with van der Waals surface area (Å²) in [5, 5.41) is 2.52. The van der Waals surface area contributed by atoms with E-state index in [4.69, 9.17) is 10.5 Å². The van der Waals surface area contributed by atoms with Crippen LogP contribution in [-0.4, -0.2) is 25.1 Å². The van der Waals surface area contributed by atoms with E-state index >= 15 is 0 Å². The number of nitrogens with two attached hydrogens (primary N) is 1. The van der Waals surface area contributed by atoms with Crippen molar-refractivity contribution in [1.29, 1.82) is 0 Å². The lowest BCUT2D eigenvalue weighted by Gasteiger charge is -2.10. The SMILES string of the molecule is C[C@H](N)C(=O)NCCOc1ccc(C(F)(F)F)cc1. The molecule has 106 valence electrons. The first-order chi connectivity index (χ1) is 8.80. The molecule has 1 amide bonds. The van der Waals surface area contributed by atoms with Gasteiger partial charge in [0.25, 0.3) is 0 Å². The Labute approximate surface area is 108 Å². The molecule has 1 aromatic rings. The first kappa shape index (κ1) is 15.3. The van der Waals surface area contributed by atoms with Crippen LogP contribution in [0.5, 0.6) is 5.75 Å². The summed E-state index contributed by atoms with van der Waals surface area (Å²) in [5.74, 6) is -0.000865. The topological polar surface area (TPSA) is 64.4 Å². The van der Waals surface area contributed by atoms with E-state index in [0.29, 0.717) is 5.75 Å². The van der Waals surface area contributed by atoms with Crippen LogP contribution in [0.3, 0.4) is 0 Å². The molecule has 0 radical (unpaired) electrons. The summed E-state index contributed by atoms with van der Waals surface area (Å²) >= 11 is 0. The Bertz CT molecular complexity index is 416. The summed E-state index contributed by atoms with van der Waals surface area (Å²) in [6.07, 6.45) is -4.36. The maximum absolute atomic E-state index is 12.3. The molecule has 0 spiro atoms. The second-order valence-corrected chi connectivity index (χ2v) is 3.95. The molecule has 1 rings (SSSR count). The van der Waals surface area contributed by atoms with E-state index in [1.165, 1.54) is 12.1 Å². The number of carbonyl (C=O) groups excluding carboxylic acids is 1. The molecular weight excluding hydrogens is 261 g/mol. The summed E-state index contributed by atoms with van der Waals surface area (Å²) < 4.78 is 42.1. The smallest absolute Gasteiger partial charge is 0.416 e. The lowest BCUT2D eigenvalue weighted by molar-refractivity contribution is -0.137. The first-order valence-electron chi connectivity index (χ1n) is 5.64. The molecule has 0 fully saturated rings. The Morgan fingerprint density at radius 2 is 1.95 bits per heavy atom. The van der Waals surface area contributed by atoms with Gasteiger partial charge in [-0.05, 0) is 31.2 Å². The number of nitrogens with one attached hydrogen (secondary N) is 1. The molecule has 19 heavy (non-hydrogen) atoms. The van der Waals surface area contributed by atoms with Crippen LogP contribution in [0.2, 0.25) is 0 Å². The summed E-state index contributed by atoms with van der Waals surface area (Å²) in [5.41, 5.74) is 4.60. The van der Waals surface area contributed by atoms with Gasteiger partial charge in [-0.3, -0.25) is 4.79 Å². The van der Waals surface area contributed by atoms with Crippen molar-refractivity contribution in [3.8, 4) is 5.75 Å². The zero-order valence-electron chi connectivity index (χ0n) is 10.3. The fourth-order valence-corrected chi connectivity index (χ4v) is 1.24. The molecule has 0 unspecified atom stereocenters. The van der Waals surface area contributed by atoms with E-state index in [0.717, 1.165) is 12.1 Å². The maximum Gasteiger partial charge on any atom is 0.416 e. The summed E-state index contributed by atoms with van der Waals surface area (Å²) in [4.78, 5) is 11.1. The summed E-state index contributed by atoms with van der Waals surface area (Å²) in [6, 6.07) is 3.74. The van der Waals surface area contributed by atoms with Gasteiger partial charge in [0.2, 0.25) is 5.91 Å². The molecule has 0 aliphatic carbocycles. The average molecular weight is 276 g/mol. The number of ether oxygens (including phenoxy) is 1. The van der Waals surface area contributed by atoms with E-state index in [1.54, 1.807) is 6.92 Å². The van der Waals surface area contributed by atoms with E-state index in [-0.39, 0.29) is 19.1 Å². The fraction of sp³-hybridized carbons (Fsp3) is 0.417. The highest BCUT2D eigenvalue weighted by atomic mass is 19.4. The normalized spacial score (nSPS) is 12.9. The van der Waals surface area contributed by atoms with Crippen LogP contribution in [0.25, 0.3) is 0 Å². The minimum Gasteiger partial charge on any atom is -0.492 e. The van der Waals surface area contributed by atoms with Crippen LogP contribution >= 0.6 is 0 Å². The number of amides is 1. The van der Waals surface area contributed by atoms with Gasteiger partial charge in [-0.2, -0.15) is 13.2 Å². The van der Waals surface area contributed by atoms with E-state index in [1.807, 2.05) is 0 Å². The second-order valence-electron chi connectivity index (χ2n) is 3.95. The third-order valence-corrected chi connectivity index (χ3v) is 2.27. The van der Waals surface area contributed by atoms with Crippen LogP contribution in [0.15, 0.2) is 24.3 Å². The van der Waals surface area contributed by atoms with Crippen molar-refractivity contribution in [2.24, 2.45) is 5.73 Å². The standard InChI is InChI=1S/C12H15F3N2O2/c1-8(16)11(18)17-6-7-19-10-4-2-9(3-5-10)12(13,14)15/h2-5,8H,6-7,16H2,1H3,(H,17,18)/t8-/m0/s1. The Balaban J connectivity index is 2.37. The summed E-state index contributed by atoms with van der Waals surface area (Å²) in [7, 11) is 0. The third kappa shape index (κ3) is 5.17. The van der Waals surface area contributed by atoms with Crippen LogP contribution in [-0.2, 0) is 11.0 Å². The van der Waals surface area contributed by atoms with Crippen molar-refractivity contribution in [2.75, 3.05) is 13.2 Å². The monoisotopic (exact) mass is 276 g/mol. The molecule has 0 aliphatic heterocycles. The maximum atomic E-state index is 12.3. The van der Waals surface area contributed by atoms with E-state index in [2.05, 4.69) is 5.32 Å². The highest BCUT2D eigenvalue weighted by Gasteiger charge is 2.29. The molecular formula is C12H15F3N2O2. The number of benzene rings is 1. The van der Waals surface area contributed by atoms with E-state index < -0.39 is 17.8 Å². The van der Waals surface area contributed by atoms with Gasteiger partial charge in [-0.25, -0.2) is 0 Å². The van der Waals surface area contributed by atoms with Crippen LogP contribution < -0.4 is 15.8 Å². The lowest BCUT2D eigenvalue weighted by Crippen LogP contribution is -2.40. The zero-order chi connectivity index (χ0) is 14.5. The van der Waals surface area contributed by atoms with Crippen LogP contribution in [0.4, 0.5) is 13.2 Å². The zero-order valence-corrected chi connectivity index (χ0v) is 10.3. The number of halogens is 3. The fourth-order valence-electron chi connectivity index (χ4n) is 1.24. The lowest BCUT2D eigenvalue weighted by atomic mass is 10.2. The molecule has 0 bridgehead atoms. The predicted molar refractivity (Wildman–Crippen MR) is 63.6 cm³/mol. The molecule has 0 aromatic heterocycles. The number of hydrogen-bond acceptors (Lipinski definition) is 3. The van der Waals surface area contributed by atoms with Gasteiger partial charge in [-0.15, -0.1) is 0 Å². The van der Waals surface area contributed by atoms with Gasteiger partial charge in [0.15, 0.2) is 0 Å². The Kier molecular flexibility index (Phi) is 5.17. The number of alkyl halides is 3. The largest absolute Gasteiger partial charge is 0.492 e. The van der Waals surface area contributed by atoms with Gasteiger partial charge in [0.05, 0.1) is 18.2 Å². The molecule has 1 aromatic carbocycles. The predicted octanol–water partition coefficient (Wildman–Crippen LogP) is 1.55. The molecule has 0 heterocycles. The molecule has 0 aliphatic rings. The summed E-state index contributed by atoms with van der Waals surface area (Å²) in [6.45, 7) is 1.94. The number of hydrogen-bond donors (Lipinski definition) is 2.